The summed E-state index contributed by atoms with van der Waals surface area (Å²) in [4.78, 5) is 13.0. The van der Waals surface area contributed by atoms with Crippen LogP contribution < -0.4 is 10.1 Å². The van der Waals surface area contributed by atoms with Gasteiger partial charge < -0.3 is 10.1 Å². The van der Waals surface area contributed by atoms with Crippen molar-refractivity contribution >= 4 is 15.9 Å². The summed E-state index contributed by atoms with van der Waals surface area (Å²) in [7, 11) is -3.58. The topological polar surface area (TPSA) is 75.7 Å². The number of piperidine rings is 1. The van der Waals surface area contributed by atoms with Crippen LogP contribution in [0.4, 0.5) is 0 Å². The summed E-state index contributed by atoms with van der Waals surface area (Å²) >= 11 is 0. The molecule has 0 saturated carbocycles. The lowest BCUT2D eigenvalue weighted by atomic mass is 9.99. The first-order valence-electron chi connectivity index (χ1n) is 11.5. The Balaban J connectivity index is 1.50. The highest BCUT2D eigenvalue weighted by Gasteiger charge is 2.33. The number of carbonyl (C=O) groups excluding carboxylic acids is 1. The molecule has 32 heavy (non-hydrogen) atoms. The van der Waals surface area contributed by atoms with Crippen LogP contribution >= 0.6 is 0 Å². The molecule has 0 radical (unpaired) electrons. The third-order valence-corrected chi connectivity index (χ3v) is 7.65. The van der Waals surface area contributed by atoms with Crippen LogP contribution in [0.3, 0.4) is 0 Å². The lowest BCUT2D eigenvalue weighted by Gasteiger charge is -2.31. The van der Waals surface area contributed by atoms with E-state index in [1.807, 2.05) is 25.1 Å². The Hall–Kier alpha value is -2.38. The number of carbonyl (C=O) groups is 1. The zero-order chi connectivity index (χ0) is 23.0. The number of hydrogen-bond acceptors (Lipinski definition) is 4. The Bertz CT molecular complexity index is 989. The van der Waals surface area contributed by atoms with E-state index in [4.69, 9.17) is 4.74 Å². The van der Waals surface area contributed by atoms with E-state index < -0.39 is 10.0 Å². The standard InChI is InChI=1S/C25H34N2O4S/c1-3-18-31-24-11-5-4-8-21(24)9-6-16-26-25(28)22-10-7-17-27(19-22)32(29,30)23-14-12-20(2)13-15-23/h4-5,8,11-15,22H,3,6-7,9-10,16-19H2,1-2H3,(H,26,28). The number of amides is 1. The molecule has 0 bridgehead atoms. The number of benzene rings is 2. The minimum Gasteiger partial charge on any atom is -0.493 e. The Labute approximate surface area is 192 Å². The van der Waals surface area contributed by atoms with Crippen LogP contribution in [0.25, 0.3) is 0 Å². The van der Waals surface area contributed by atoms with Crippen molar-refractivity contribution in [2.24, 2.45) is 5.92 Å². The summed E-state index contributed by atoms with van der Waals surface area (Å²) in [5.74, 6) is 0.526. The molecule has 0 aromatic heterocycles. The SMILES string of the molecule is CCCOc1ccccc1CCCNC(=O)C1CCCN(S(=O)(=O)c2ccc(C)cc2)C1. The maximum absolute atomic E-state index is 13.0. The molecule has 0 spiro atoms. The van der Waals surface area contributed by atoms with E-state index in [1.54, 1.807) is 24.3 Å². The van der Waals surface area contributed by atoms with E-state index in [9.17, 15) is 13.2 Å². The first-order valence-corrected chi connectivity index (χ1v) is 12.9. The Morgan fingerprint density at radius 2 is 1.91 bits per heavy atom. The molecule has 1 atom stereocenters. The van der Waals surface area contributed by atoms with Gasteiger partial charge in [-0.2, -0.15) is 4.31 Å². The number of rotatable bonds is 10. The zero-order valence-electron chi connectivity index (χ0n) is 19.0. The number of nitrogens with zero attached hydrogens (tertiary/aromatic N) is 1. The zero-order valence-corrected chi connectivity index (χ0v) is 19.9. The molecule has 7 heteroatoms. The van der Waals surface area contributed by atoms with Gasteiger partial charge >= 0.3 is 0 Å². The second-order valence-corrected chi connectivity index (χ2v) is 10.3. The molecule has 174 valence electrons. The average Bonchev–Trinajstić information content (AvgIpc) is 2.81. The molecule has 6 nitrogen and oxygen atoms in total. The van der Waals surface area contributed by atoms with Crippen molar-refractivity contribution in [1.82, 2.24) is 9.62 Å². The van der Waals surface area contributed by atoms with Crippen LogP contribution in [-0.4, -0.2) is 44.9 Å². The molecular weight excluding hydrogens is 424 g/mol. The minimum absolute atomic E-state index is 0.0654. The van der Waals surface area contributed by atoms with Gasteiger partial charge in [0.15, 0.2) is 0 Å². The van der Waals surface area contributed by atoms with Gasteiger partial charge in [-0.3, -0.25) is 4.79 Å². The van der Waals surface area contributed by atoms with Crippen LogP contribution in [0.15, 0.2) is 53.4 Å². The summed E-state index contributed by atoms with van der Waals surface area (Å²) < 4.78 is 33.2. The first-order chi connectivity index (χ1) is 15.4. The molecule has 0 aliphatic carbocycles. The van der Waals surface area contributed by atoms with Crippen LogP contribution in [0.1, 0.15) is 43.7 Å². The molecule has 1 heterocycles. The van der Waals surface area contributed by atoms with Crippen molar-refractivity contribution in [1.29, 1.82) is 0 Å². The van der Waals surface area contributed by atoms with Gasteiger partial charge in [-0.05, 0) is 62.8 Å². The van der Waals surface area contributed by atoms with Crippen molar-refractivity contribution in [3.63, 3.8) is 0 Å². The van der Waals surface area contributed by atoms with E-state index >= 15 is 0 Å². The Kier molecular flexibility index (Phi) is 8.70. The molecule has 1 unspecified atom stereocenters. The van der Waals surface area contributed by atoms with Crippen molar-refractivity contribution < 1.29 is 17.9 Å². The fourth-order valence-electron chi connectivity index (χ4n) is 3.93. The van der Waals surface area contributed by atoms with Gasteiger partial charge in [0, 0.05) is 19.6 Å². The molecule has 1 aliphatic rings. The molecule has 3 rings (SSSR count). The third kappa shape index (κ3) is 6.33. The van der Waals surface area contributed by atoms with E-state index in [0.717, 1.165) is 36.1 Å². The third-order valence-electron chi connectivity index (χ3n) is 5.77. The predicted molar refractivity (Wildman–Crippen MR) is 126 cm³/mol. The molecule has 2 aromatic carbocycles. The molecule has 1 fully saturated rings. The van der Waals surface area contributed by atoms with Crippen LogP contribution in [-0.2, 0) is 21.2 Å². The minimum atomic E-state index is -3.58. The normalized spacial score (nSPS) is 17.1. The highest BCUT2D eigenvalue weighted by molar-refractivity contribution is 7.89. The van der Waals surface area contributed by atoms with Gasteiger partial charge in [-0.1, -0.05) is 42.8 Å². The van der Waals surface area contributed by atoms with Crippen molar-refractivity contribution in [3.05, 3.63) is 59.7 Å². The number of hydrogen-bond donors (Lipinski definition) is 1. The number of sulfonamides is 1. The summed E-state index contributed by atoms with van der Waals surface area (Å²) in [5.41, 5.74) is 2.16. The van der Waals surface area contributed by atoms with E-state index in [-0.39, 0.29) is 23.3 Å². The van der Waals surface area contributed by atoms with E-state index in [2.05, 4.69) is 18.3 Å². The van der Waals surface area contributed by atoms with Crippen molar-refractivity contribution in [3.8, 4) is 5.75 Å². The fourth-order valence-corrected chi connectivity index (χ4v) is 5.46. The number of aryl methyl sites for hydroxylation is 2. The van der Waals surface area contributed by atoms with Gasteiger partial charge in [-0.25, -0.2) is 8.42 Å². The summed E-state index contributed by atoms with van der Waals surface area (Å²) in [6.07, 6.45) is 3.97. The molecule has 1 aliphatic heterocycles. The molecule has 1 amide bonds. The van der Waals surface area contributed by atoms with Crippen LogP contribution in [0.2, 0.25) is 0 Å². The second-order valence-electron chi connectivity index (χ2n) is 8.37. The van der Waals surface area contributed by atoms with Crippen molar-refractivity contribution in [2.75, 3.05) is 26.2 Å². The molecule has 2 aromatic rings. The number of nitrogens with one attached hydrogen (secondary N) is 1. The summed E-state index contributed by atoms with van der Waals surface area (Å²) in [6, 6.07) is 14.9. The fraction of sp³-hybridized carbons (Fsp3) is 0.480. The van der Waals surface area contributed by atoms with Gasteiger partial charge in [0.1, 0.15) is 5.75 Å². The monoisotopic (exact) mass is 458 g/mol. The highest BCUT2D eigenvalue weighted by atomic mass is 32.2. The molecular formula is C25H34N2O4S. The van der Waals surface area contributed by atoms with Gasteiger partial charge in [0.2, 0.25) is 15.9 Å². The predicted octanol–water partition coefficient (Wildman–Crippen LogP) is 3.93. The number of ether oxygens (including phenoxy) is 1. The van der Waals surface area contributed by atoms with E-state index in [1.165, 1.54) is 4.31 Å². The highest BCUT2D eigenvalue weighted by Crippen LogP contribution is 2.24. The molecule has 1 saturated heterocycles. The summed E-state index contributed by atoms with van der Waals surface area (Å²) in [5, 5.41) is 3.00. The maximum Gasteiger partial charge on any atom is 0.243 e. The first kappa shape index (κ1) is 24.3. The smallest absolute Gasteiger partial charge is 0.243 e. The van der Waals surface area contributed by atoms with Gasteiger partial charge in [0.25, 0.3) is 0 Å². The lowest BCUT2D eigenvalue weighted by molar-refractivity contribution is -0.126. The molecule has 1 N–H and O–H groups in total. The van der Waals surface area contributed by atoms with Crippen LogP contribution in [0.5, 0.6) is 5.75 Å². The second kappa shape index (κ2) is 11.5. The maximum atomic E-state index is 13.0. The number of para-hydroxylation sites is 1. The largest absolute Gasteiger partial charge is 0.493 e. The Morgan fingerprint density at radius 1 is 1.16 bits per heavy atom. The summed E-state index contributed by atoms with van der Waals surface area (Å²) in [6.45, 7) is 5.94. The van der Waals surface area contributed by atoms with E-state index in [0.29, 0.717) is 32.5 Å². The van der Waals surface area contributed by atoms with Crippen molar-refractivity contribution in [2.45, 2.75) is 50.8 Å². The Morgan fingerprint density at radius 3 is 2.66 bits per heavy atom. The quantitative estimate of drug-likeness (QED) is 0.548. The van der Waals surface area contributed by atoms with Crippen LogP contribution in [0, 0.1) is 12.8 Å². The average molecular weight is 459 g/mol. The van der Waals surface area contributed by atoms with Gasteiger partial charge in [-0.15, -0.1) is 0 Å². The van der Waals surface area contributed by atoms with Gasteiger partial charge in [0.05, 0.1) is 17.4 Å². The lowest BCUT2D eigenvalue weighted by Crippen LogP contribution is -2.45.